The Labute approximate surface area is 108 Å². The van der Waals surface area contributed by atoms with Crippen LogP contribution in [-0.4, -0.2) is 39.6 Å². The Kier molecular flexibility index (Phi) is 4.51. The number of aliphatic carboxylic acids is 1. The fourth-order valence-electron chi connectivity index (χ4n) is 1.41. The minimum Gasteiger partial charge on any atom is -0.481 e. The highest BCUT2D eigenvalue weighted by Gasteiger charge is 2.37. The lowest BCUT2D eigenvalue weighted by Crippen LogP contribution is -2.34. The summed E-state index contributed by atoms with van der Waals surface area (Å²) >= 11 is 0. The van der Waals surface area contributed by atoms with Crippen molar-refractivity contribution in [1.29, 1.82) is 0 Å². The van der Waals surface area contributed by atoms with Gasteiger partial charge in [0.2, 0.25) is 11.8 Å². The Morgan fingerprint density at radius 2 is 1.74 bits per heavy atom. The Bertz CT molecular complexity index is 477. The van der Waals surface area contributed by atoms with E-state index >= 15 is 0 Å². The minimum absolute atomic E-state index is 0.0949. The van der Waals surface area contributed by atoms with E-state index in [1.807, 2.05) is 5.32 Å². The quantitative estimate of drug-likeness (QED) is 0.630. The zero-order valence-corrected chi connectivity index (χ0v) is 10.1. The van der Waals surface area contributed by atoms with Gasteiger partial charge in [0.15, 0.2) is 0 Å². The van der Waals surface area contributed by atoms with Gasteiger partial charge in [0.05, 0.1) is 0 Å². The molecule has 2 aliphatic heterocycles. The van der Waals surface area contributed by atoms with Gasteiger partial charge < -0.3 is 5.11 Å². The zero-order chi connectivity index (χ0) is 14.6. The Morgan fingerprint density at radius 3 is 2.05 bits per heavy atom. The van der Waals surface area contributed by atoms with Crippen molar-refractivity contribution in [2.75, 3.05) is 0 Å². The predicted octanol–water partition coefficient (Wildman–Crippen LogP) is -0.843. The molecule has 2 rings (SSSR count). The van der Waals surface area contributed by atoms with Gasteiger partial charge in [-0.3, -0.25) is 29.3 Å². The molecule has 0 aromatic carbocycles. The summed E-state index contributed by atoms with van der Waals surface area (Å²) in [5.74, 6) is -2.92. The van der Waals surface area contributed by atoms with E-state index in [-0.39, 0.29) is 25.0 Å². The molecule has 4 amide bonds. The molecule has 8 heteroatoms. The van der Waals surface area contributed by atoms with E-state index in [1.165, 1.54) is 0 Å². The van der Waals surface area contributed by atoms with E-state index < -0.39 is 29.6 Å². The predicted molar refractivity (Wildman–Crippen MR) is 60.2 cm³/mol. The van der Waals surface area contributed by atoms with Crippen LogP contribution < -0.4 is 5.32 Å². The molecule has 0 saturated carbocycles. The first-order valence-corrected chi connectivity index (χ1v) is 5.51. The zero-order valence-electron chi connectivity index (χ0n) is 10.1. The van der Waals surface area contributed by atoms with Crippen LogP contribution in [0, 0.1) is 0 Å². The molecule has 0 aliphatic carbocycles. The highest BCUT2D eigenvalue weighted by molar-refractivity contribution is 6.20. The number of nitrogens with one attached hydrogen (secondary N) is 1. The van der Waals surface area contributed by atoms with Crippen molar-refractivity contribution in [3.63, 3.8) is 0 Å². The largest absolute Gasteiger partial charge is 0.481 e. The van der Waals surface area contributed by atoms with Crippen LogP contribution in [0.3, 0.4) is 0 Å². The van der Waals surface area contributed by atoms with E-state index in [2.05, 4.69) is 0 Å². The van der Waals surface area contributed by atoms with Gasteiger partial charge in [-0.25, -0.2) is 4.90 Å². The monoisotopic (exact) mass is 268 g/mol. The summed E-state index contributed by atoms with van der Waals surface area (Å²) < 4.78 is 0. The van der Waals surface area contributed by atoms with Gasteiger partial charge in [-0.05, 0) is 0 Å². The SMILES string of the molecule is CCC(=O)O.O=C1C=C(N2C(=O)CCC2=O)C(=O)N1. The third kappa shape index (κ3) is 3.47. The van der Waals surface area contributed by atoms with Crippen LogP contribution in [0.4, 0.5) is 0 Å². The van der Waals surface area contributed by atoms with Crippen molar-refractivity contribution in [2.45, 2.75) is 26.2 Å². The summed E-state index contributed by atoms with van der Waals surface area (Å²) in [5, 5.41) is 9.69. The van der Waals surface area contributed by atoms with Crippen LogP contribution >= 0.6 is 0 Å². The molecule has 0 aromatic heterocycles. The molecule has 2 aliphatic rings. The van der Waals surface area contributed by atoms with Gasteiger partial charge in [-0.2, -0.15) is 0 Å². The maximum atomic E-state index is 11.2. The highest BCUT2D eigenvalue weighted by atomic mass is 16.4. The third-order valence-corrected chi connectivity index (χ3v) is 2.33. The Balaban J connectivity index is 0.000000312. The average Bonchev–Trinajstić information content (AvgIpc) is 2.82. The summed E-state index contributed by atoms with van der Waals surface area (Å²) in [6.07, 6.45) is 1.37. The number of carbonyl (C=O) groups excluding carboxylic acids is 4. The van der Waals surface area contributed by atoms with Crippen LogP contribution in [0.1, 0.15) is 26.2 Å². The lowest BCUT2D eigenvalue weighted by molar-refractivity contribution is -0.139. The van der Waals surface area contributed by atoms with E-state index in [4.69, 9.17) is 5.11 Å². The number of hydrogen-bond donors (Lipinski definition) is 2. The first-order valence-electron chi connectivity index (χ1n) is 5.51. The lowest BCUT2D eigenvalue weighted by atomic mass is 10.4. The smallest absolute Gasteiger partial charge is 0.303 e. The highest BCUT2D eigenvalue weighted by Crippen LogP contribution is 2.19. The normalized spacial score (nSPS) is 17.9. The number of likely N-dealkylation sites (tertiary alicyclic amines) is 1. The molecular weight excluding hydrogens is 256 g/mol. The molecule has 8 nitrogen and oxygen atoms in total. The second kappa shape index (κ2) is 5.89. The molecule has 2 heterocycles. The fourth-order valence-corrected chi connectivity index (χ4v) is 1.41. The van der Waals surface area contributed by atoms with Crippen LogP contribution in [0.2, 0.25) is 0 Å². The van der Waals surface area contributed by atoms with E-state index in [0.29, 0.717) is 0 Å². The number of nitrogens with zero attached hydrogens (tertiary/aromatic N) is 1. The van der Waals surface area contributed by atoms with Crippen molar-refractivity contribution in [1.82, 2.24) is 10.2 Å². The topological polar surface area (TPSA) is 121 Å². The number of imide groups is 2. The van der Waals surface area contributed by atoms with E-state index in [0.717, 1.165) is 11.0 Å². The molecular formula is C11H12N2O6. The molecule has 1 fully saturated rings. The number of rotatable bonds is 2. The molecule has 102 valence electrons. The minimum atomic E-state index is -0.745. The molecule has 2 N–H and O–H groups in total. The number of carboxylic acids is 1. The summed E-state index contributed by atoms with van der Waals surface area (Å²) in [4.78, 5) is 54.4. The number of hydrogen-bond acceptors (Lipinski definition) is 5. The first kappa shape index (κ1) is 14.6. The van der Waals surface area contributed by atoms with Gasteiger partial charge in [0, 0.05) is 25.3 Å². The van der Waals surface area contributed by atoms with Crippen molar-refractivity contribution in [3.05, 3.63) is 11.8 Å². The summed E-state index contributed by atoms with van der Waals surface area (Å²) in [6, 6.07) is 0. The van der Waals surface area contributed by atoms with Crippen LogP contribution in [0.5, 0.6) is 0 Å². The number of amides is 4. The number of carboxylic acid groups (broad SMARTS) is 1. The van der Waals surface area contributed by atoms with E-state index in [9.17, 15) is 24.0 Å². The van der Waals surface area contributed by atoms with Gasteiger partial charge in [-0.15, -0.1) is 0 Å². The summed E-state index contributed by atoms with van der Waals surface area (Å²) in [6.45, 7) is 1.60. The number of carbonyl (C=O) groups is 5. The van der Waals surface area contributed by atoms with Crippen LogP contribution in [-0.2, 0) is 24.0 Å². The molecule has 19 heavy (non-hydrogen) atoms. The Hall–Kier alpha value is -2.51. The van der Waals surface area contributed by atoms with Crippen molar-refractivity contribution >= 4 is 29.6 Å². The standard InChI is InChI=1S/C8H6N2O4.C3H6O2/c11-5-3-4(8(14)9-5)10-6(12)1-2-7(10)13;1-2-3(4)5/h3H,1-2H2,(H,9,11,14);2H2,1H3,(H,4,5). The van der Waals surface area contributed by atoms with Gasteiger partial charge in [-0.1, -0.05) is 6.92 Å². The fraction of sp³-hybridized carbons (Fsp3) is 0.364. The molecule has 1 saturated heterocycles. The van der Waals surface area contributed by atoms with E-state index in [1.54, 1.807) is 6.92 Å². The maximum absolute atomic E-state index is 11.2. The maximum Gasteiger partial charge on any atom is 0.303 e. The lowest BCUT2D eigenvalue weighted by Gasteiger charge is -2.11. The second-order valence-corrected chi connectivity index (χ2v) is 3.72. The van der Waals surface area contributed by atoms with Gasteiger partial charge >= 0.3 is 5.97 Å². The van der Waals surface area contributed by atoms with Crippen LogP contribution in [0.25, 0.3) is 0 Å². The first-order chi connectivity index (χ1) is 8.86. The van der Waals surface area contributed by atoms with Crippen LogP contribution in [0.15, 0.2) is 11.8 Å². The van der Waals surface area contributed by atoms with Crippen molar-refractivity contribution < 1.29 is 29.1 Å². The molecule has 0 atom stereocenters. The molecule has 0 radical (unpaired) electrons. The third-order valence-electron chi connectivity index (χ3n) is 2.33. The molecule has 0 bridgehead atoms. The molecule has 0 unspecified atom stereocenters. The molecule has 0 spiro atoms. The van der Waals surface area contributed by atoms with Gasteiger partial charge in [0.25, 0.3) is 11.8 Å². The summed E-state index contributed by atoms with van der Waals surface area (Å²) in [7, 11) is 0. The Morgan fingerprint density at radius 1 is 1.26 bits per heavy atom. The van der Waals surface area contributed by atoms with Crippen molar-refractivity contribution in [3.8, 4) is 0 Å². The van der Waals surface area contributed by atoms with Crippen molar-refractivity contribution in [2.24, 2.45) is 0 Å². The molecule has 0 aromatic rings. The average molecular weight is 268 g/mol. The summed E-state index contributed by atoms with van der Waals surface area (Å²) in [5.41, 5.74) is -0.164. The second-order valence-electron chi connectivity index (χ2n) is 3.72. The van der Waals surface area contributed by atoms with Gasteiger partial charge in [0.1, 0.15) is 5.70 Å².